The van der Waals surface area contributed by atoms with E-state index in [1.807, 2.05) is 0 Å². The number of carbonyl (C=O) groups excluding carboxylic acids is 1. The van der Waals surface area contributed by atoms with Gasteiger partial charge in [0.25, 0.3) is 5.91 Å². The summed E-state index contributed by atoms with van der Waals surface area (Å²) in [7, 11) is 0. The standard InChI is InChI=1S/C19H23N3O2S/c1-13-11-15(3)16(12-14(13)2)20-19(25)22-8-6-21(7-9-22)18(23)17-5-4-10-24-17/h4-5,10-12H,6-9H2,1-3H3,(H,20,25). The normalized spacial score (nSPS) is 14.5. The van der Waals surface area contributed by atoms with Crippen molar-refractivity contribution in [3.8, 4) is 0 Å². The summed E-state index contributed by atoms with van der Waals surface area (Å²) in [5.74, 6) is 0.327. The van der Waals surface area contributed by atoms with E-state index in [0.717, 1.165) is 5.69 Å². The number of benzene rings is 1. The highest BCUT2D eigenvalue weighted by molar-refractivity contribution is 7.80. The Bertz CT molecular complexity index is 778. The third-order valence-electron chi connectivity index (χ3n) is 4.67. The second-order valence-corrected chi connectivity index (χ2v) is 6.82. The van der Waals surface area contributed by atoms with E-state index in [4.69, 9.17) is 16.6 Å². The minimum absolute atomic E-state index is 0.0615. The Kier molecular flexibility index (Phi) is 5.08. The van der Waals surface area contributed by atoms with Gasteiger partial charge in [-0.3, -0.25) is 4.79 Å². The minimum Gasteiger partial charge on any atom is -0.459 e. The van der Waals surface area contributed by atoms with E-state index in [0.29, 0.717) is 37.1 Å². The Labute approximate surface area is 153 Å². The molecule has 0 spiro atoms. The molecule has 1 amide bonds. The van der Waals surface area contributed by atoms with Gasteiger partial charge in [0.1, 0.15) is 0 Å². The lowest BCUT2D eigenvalue weighted by Gasteiger charge is -2.36. The molecule has 132 valence electrons. The predicted octanol–water partition coefficient (Wildman–Crippen LogP) is 3.36. The van der Waals surface area contributed by atoms with E-state index in [9.17, 15) is 4.79 Å². The SMILES string of the molecule is Cc1cc(C)c(NC(=S)N2CCN(C(=O)c3ccco3)CC2)cc1C. The number of furan rings is 1. The van der Waals surface area contributed by atoms with Crippen LogP contribution in [0.15, 0.2) is 34.9 Å². The number of hydrogen-bond donors (Lipinski definition) is 1. The van der Waals surface area contributed by atoms with Crippen LogP contribution in [0.2, 0.25) is 0 Å². The zero-order chi connectivity index (χ0) is 18.0. The second-order valence-electron chi connectivity index (χ2n) is 6.44. The van der Waals surface area contributed by atoms with Crippen LogP contribution in [0.5, 0.6) is 0 Å². The molecule has 2 aromatic rings. The van der Waals surface area contributed by atoms with E-state index in [1.54, 1.807) is 17.0 Å². The van der Waals surface area contributed by atoms with Gasteiger partial charge in [0.05, 0.1) is 6.26 Å². The molecular formula is C19H23N3O2S. The van der Waals surface area contributed by atoms with E-state index < -0.39 is 0 Å². The van der Waals surface area contributed by atoms with Crippen molar-refractivity contribution < 1.29 is 9.21 Å². The molecule has 0 saturated carbocycles. The highest BCUT2D eigenvalue weighted by atomic mass is 32.1. The van der Waals surface area contributed by atoms with E-state index in [2.05, 4.69) is 43.1 Å². The van der Waals surface area contributed by atoms with Crippen molar-refractivity contribution in [2.24, 2.45) is 0 Å². The third-order valence-corrected chi connectivity index (χ3v) is 5.03. The molecule has 2 heterocycles. The largest absolute Gasteiger partial charge is 0.459 e. The summed E-state index contributed by atoms with van der Waals surface area (Å²) in [4.78, 5) is 16.2. The highest BCUT2D eigenvalue weighted by Crippen LogP contribution is 2.21. The van der Waals surface area contributed by atoms with Crippen LogP contribution in [0.1, 0.15) is 27.2 Å². The first-order chi connectivity index (χ1) is 12.0. The molecule has 1 N–H and O–H groups in total. The maximum atomic E-state index is 12.3. The van der Waals surface area contributed by atoms with Crippen LogP contribution < -0.4 is 5.32 Å². The van der Waals surface area contributed by atoms with E-state index in [-0.39, 0.29) is 5.91 Å². The molecule has 1 fully saturated rings. The van der Waals surface area contributed by atoms with Gasteiger partial charge in [0, 0.05) is 31.9 Å². The number of thiocarbonyl (C=S) groups is 1. The lowest BCUT2D eigenvalue weighted by molar-refractivity contribution is 0.0661. The zero-order valence-corrected chi connectivity index (χ0v) is 15.7. The fraction of sp³-hybridized carbons (Fsp3) is 0.368. The molecule has 1 aromatic heterocycles. The van der Waals surface area contributed by atoms with Crippen LogP contribution in [0.4, 0.5) is 5.69 Å². The molecule has 3 rings (SSSR count). The number of nitrogens with zero attached hydrogens (tertiary/aromatic N) is 2. The van der Waals surface area contributed by atoms with Crippen molar-refractivity contribution in [1.29, 1.82) is 0 Å². The Morgan fingerprint density at radius 1 is 1.04 bits per heavy atom. The first-order valence-corrected chi connectivity index (χ1v) is 8.83. The minimum atomic E-state index is -0.0615. The topological polar surface area (TPSA) is 48.7 Å². The van der Waals surface area contributed by atoms with Crippen LogP contribution in [0, 0.1) is 20.8 Å². The Morgan fingerprint density at radius 3 is 2.32 bits per heavy atom. The lowest BCUT2D eigenvalue weighted by atomic mass is 10.1. The first-order valence-electron chi connectivity index (χ1n) is 8.42. The molecule has 0 atom stereocenters. The first kappa shape index (κ1) is 17.5. The molecule has 1 aliphatic rings. The summed E-state index contributed by atoms with van der Waals surface area (Å²) in [6.45, 7) is 8.98. The Hall–Kier alpha value is -2.34. The number of nitrogens with one attached hydrogen (secondary N) is 1. The molecule has 0 radical (unpaired) electrons. The average Bonchev–Trinajstić information content (AvgIpc) is 3.13. The van der Waals surface area contributed by atoms with Crippen molar-refractivity contribution >= 4 is 28.9 Å². The maximum absolute atomic E-state index is 12.3. The van der Waals surface area contributed by atoms with Gasteiger partial charge < -0.3 is 19.5 Å². The third kappa shape index (κ3) is 3.85. The van der Waals surface area contributed by atoms with Crippen LogP contribution in [0.25, 0.3) is 0 Å². The number of hydrogen-bond acceptors (Lipinski definition) is 3. The fourth-order valence-electron chi connectivity index (χ4n) is 2.96. The summed E-state index contributed by atoms with van der Waals surface area (Å²) in [5, 5.41) is 4.06. The number of anilines is 1. The zero-order valence-electron chi connectivity index (χ0n) is 14.8. The van der Waals surface area contributed by atoms with E-state index in [1.165, 1.54) is 23.0 Å². The number of amides is 1. The molecule has 0 aliphatic carbocycles. The maximum Gasteiger partial charge on any atom is 0.289 e. The molecule has 6 heteroatoms. The predicted molar refractivity (Wildman–Crippen MR) is 103 cm³/mol. The average molecular weight is 357 g/mol. The van der Waals surface area contributed by atoms with Crippen molar-refractivity contribution in [1.82, 2.24) is 9.80 Å². The van der Waals surface area contributed by atoms with Crippen molar-refractivity contribution in [2.75, 3.05) is 31.5 Å². The molecule has 0 unspecified atom stereocenters. The van der Waals surface area contributed by atoms with Crippen molar-refractivity contribution in [2.45, 2.75) is 20.8 Å². The number of rotatable bonds is 2. The molecule has 0 bridgehead atoms. The van der Waals surface area contributed by atoms with Gasteiger partial charge >= 0.3 is 0 Å². The highest BCUT2D eigenvalue weighted by Gasteiger charge is 2.24. The van der Waals surface area contributed by atoms with Gasteiger partial charge in [-0.2, -0.15) is 0 Å². The monoisotopic (exact) mass is 357 g/mol. The van der Waals surface area contributed by atoms with Gasteiger partial charge in [-0.15, -0.1) is 0 Å². The van der Waals surface area contributed by atoms with Crippen LogP contribution in [0.3, 0.4) is 0 Å². The Balaban J connectivity index is 1.59. The van der Waals surface area contributed by atoms with Crippen molar-refractivity contribution in [3.05, 3.63) is 53.0 Å². The van der Waals surface area contributed by atoms with Crippen LogP contribution in [-0.4, -0.2) is 47.0 Å². The summed E-state index contributed by atoms with van der Waals surface area (Å²) in [5.41, 5.74) is 4.74. The second kappa shape index (κ2) is 7.27. The fourth-order valence-corrected chi connectivity index (χ4v) is 3.25. The summed E-state index contributed by atoms with van der Waals surface area (Å²) in [6, 6.07) is 7.73. The van der Waals surface area contributed by atoms with Crippen molar-refractivity contribution in [3.63, 3.8) is 0 Å². The number of aryl methyl sites for hydroxylation is 3. The van der Waals surface area contributed by atoms with Gasteiger partial charge in [-0.1, -0.05) is 6.07 Å². The number of carbonyl (C=O) groups is 1. The number of piperazine rings is 1. The quantitative estimate of drug-likeness (QED) is 0.835. The summed E-state index contributed by atoms with van der Waals surface area (Å²) in [6.07, 6.45) is 1.52. The molecule has 1 aliphatic heterocycles. The van der Waals surface area contributed by atoms with Gasteiger partial charge in [-0.05, 0) is 67.9 Å². The van der Waals surface area contributed by atoms with E-state index >= 15 is 0 Å². The summed E-state index contributed by atoms with van der Waals surface area (Å²) >= 11 is 5.57. The van der Waals surface area contributed by atoms with Gasteiger partial charge in [0.2, 0.25) is 0 Å². The molecule has 1 saturated heterocycles. The Morgan fingerprint density at radius 2 is 1.68 bits per heavy atom. The molecular weight excluding hydrogens is 334 g/mol. The van der Waals surface area contributed by atoms with Crippen LogP contribution >= 0.6 is 12.2 Å². The van der Waals surface area contributed by atoms with Gasteiger partial charge in [-0.25, -0.2) is 0 Å². The van der Waals surface area contributed by atoms with Crippen LogP contribution in [-0.2, 0) is 0 Å². The molecule has 1 aromatic carbocycles. The van der Waals surface area contributed by atoms with Gasteiger partial charge in [0.15, 0.2) is 10.9 Å². The molecule has 25 heavy (non-hydrogen) atoms. The molecule has 5 nitrogen and oxygen atoms in total. The summed E-state index contributed by atoms with van der Waals surface area (Å²) < 4.78 is 5.19. The smallest absolute Gasteiger partial charge is 0.289 e. The lowest BCUT2D eigenvalue weighted by Crippen LogP contribution is -2.51.